The summed E-state index contributed by atoms with van der Waals surface area (Å²) in [6.45, 7) is 2.04. The summed E-state index contributed by atoms with van der Waals surface area (Å²) in [7, 11) is -6.46. The fourth-order valence-corrected chi connectivity index (χ4v) is 6.73. The molecule has 0 aromatic heterocycles. The standard InChI is InChI=1S/C15H21ClN2O4S2/c16-14-3-1-2-4-15(14)24(21,22)18-9-7-17(8-10-18)13-5-11-23(19,20)12-6-13/h1-4,13H,5-12H2. The van der Waals surface area contributed by atoms with Crippen LogP contribution in [0.25, 0.3) is 0 Å². The predicted molar refractivity (Wildman–Crippen MR) is 93.5 cm³/mol. The molecule has 0 radical (unpaired) electrons. The first-order valence-corrected chi connectivity index (χ1v) is 11.6. The maximum absolute atomic E-state index is 12.7. The lowest BCUT2D eigenvalue weighted by atomic mass is 10.1. The lowest BCUT2D eigenvalue weighted by Crippen LogP contribution is -2.53. The quantitative estimate of drug-likeness (QED) is 0.773. The van der Waals surface area contributed by atoms with Crippen molar-refractivity contribution in [3.63, 3.8) is 0 Å². The highest BCUT2D eigenvalue weighted by Gasteiger charge is 2.34. The van der Waals surface area contributed by atoms with Crippen LogP contribution in [-0.4, -0.2) is 69.8 Å². The Morgan fingerprint density at radius 2 is 1.58 bits per heavy atom. The molecule has 0 atom stereocenters. The van der Waals surface area contributed by atoms with Gasteiger partial charge in [-0.25, -0.2) is 16.8 Å². The normalized spacial score (nSPS) is 24.0. The highest BCUT2D eigenvalue weighted by Crippen LogP contribution is 2.26. The van der Waals surface area contributed by atoms with Gasteiger partial charge in [-0.1, -0.05) is 23.7 Å². The molecule has 0 aliphatic carbocycles. The first kappa shape index (κ1) is 18.1. The van der Waals surface area contributed by atoms with Crippen LogP contribution in [0.2, 0.25) is 5.02 Å². The summed E-state index contributed by atoms with van der Waals surface area (Å²) < 4.78 is 50.0. The molecule has 3 rings (SSSR count). The zero-order valence-electron chi connectivity index (χ0n) is 13.3. The van der Waals surface area contributed by atoms with Crippen LogP contribution in [0.4, 0.5) is 0 Å². The molecular formula is C15H21ClN2O4S2. The van der Waals surface area contributed by atoms with Gasteiger partial charge in [-0.2, -0.15) is 4.31 Å². The van der Waals surface area contributed by atoms with Gasteiger partial charge in [0.05, 0.1) is 16.5 Å². The van der Waals surface area contributed by atoms with E-state index < -0.39 is 19.9 Å². The van der Waals surface area contributed by atoms with Crippen LogP contribution in [0, 0.1) is 0 Å². The molecule has 0 unspecified atom stereocenters. The van der Waals surface area contributed by atoms with Crippen molar-refractivity contribution in [1.29, 1.82) is 0 Å². The highest BCUT2D eigenvalue weighted by molar-refractivity contribution is 7.91. The molecule has 2 aliphatic rings. The van der Waals surface area contributed by atoms with Crippen molar-refractivity contribution in [3.8, 4) is 0 Å². The van der Waals surface area contributed by atoms with Gasteiger partial charge < -0.3 is 0 Å². The zero-order chi connectivity index (χ0) is 17.4. The lowest BCUT2D eigenvalue weighted by Gasteiger charge is -2.40. The molecule has 1 aromatic rings. The number of hydrogen-bond donors (Lipinski definition) is 0. The largest absolute Gasteiger partial charge is 0.298 e. The van der Waals surface area contributed by atoms with E-state index in [2.05, 4.69) is 4.90 Å². The molecule has 0 saturated carbocycles. The fraction of sp³-hybridized carbons (Fsp3) is 0.600. The summed E-state index contributed by atoms with van der Waals surface area (Å²) in [6.07, 6.45) is 1.28. The van der Waals surface area contributed by atoms with E-state index in [1.807, 2.05) is 0 Å². The van der Waals surface area contributed by atoms with Gasteiger partial charge in [-0.05, 0) is 25.0 Å². The maximum atomic E-state index is 12.7. The van der Waals surface area contributed by atoms with Gasteiger partial charge in [-0.3, -0.25) is 4.90 Å². The molecule has 2 fully saturated rings. The average molecular weight is 393 g/mol. The van der Waals surface area contributed by atoms with Crippen LogP contribution in [-0.2, 0) is 19.9 Å². The number of benzene rings is 1. The van der Waals surface area contributed by atoms with Crippen LogP contribution in [0.3, 0.4) is 0 Å². The zero-order valence-corrected chi connectivity index (χ0v) is 15.7. The number of rotatable bonds is 3. The second kappa shape index (κ2) is 6.92. The second-order valence-electron chi connectivity index (χ2n) is 6.25. The van der Waals surface area contributed by atoms with Gasteiger partial charge in [0.2, 0.25) is 10.0 Å². The van der Waals surface area contributed by atoms with Crippen molar-refractivity contribution in [2.24, 2.45) is 0 Å². The van der Waals surface area contributed by atoms with Crippen LogP contribution in [0.5, 0.6) is 0 Å². The minimum Gasteiger partial charge on any atom is -0.298 e. The Hall–Kier alpha value is -0.670. The SMILES string of the molecule is O=S1(=O)CCC(N2CCN(S(=O)(=O)c3ccccc3Cl)CC2)CC1. The summed E-state index contributed by atoms with van der Waals surface area (Å²) in [5, 5.41) is 0.234. The number of sulfone groups is 1. The van der Waals surface area contributed by atoms with Crippen LogP contribution in [0.15, 0.2) is 29.2 Å². The molecule has 2 saturated heterocycles. The van der Waals surface area contributed by atoms with Crippen LogP contribution < -0.4 is 0 Å². The van der Waals surface area contributed by atoms with E-state index in [0.717, 1.165) is 0 Å². The fourth-order valence-electron chi connectivity index (χ4n) is 3.34. The number of piperazine rings is 1. The minimum absolute atomic E-state index is 0.142. The Balaban J connectivity index is 1.64. The third-order valence-corrected chi connectivity index (χ3v) is 8.88. The first-order valence-electron chi connectivity index (χ1n) is 7.99. The molecule has 1 aromatic carbocycles. The van der Waals surface area contributed by atoms with Crippen molar-refractivity contribution >= 4 is 31.5 Å². The molecule has 0 spiro atoms. The molecule has 24 heavy (non-hydrogen) atoms. The number of halogens is 1. The van der Waals surface area contributed by atoms with Gasteiger partial charge >= 0.3 is 0 Å². The monoisotopic (exact) mass is 392 g/mol. The van der Waals surface area contributed by atoms with Crippen molar-refractivity contribution in [2.75, 3.05) is 37.7 Å². The maximum Gasteiger partial charge on any atom is 0.244 e. The van der Waals surface area contributed by atoms with Crippen LogP contribution in [0.1, 0.15) is 12.8 Å². The topological polar surface area (TPSA) is 74.8 Å². The first-order chi connectivity index (χ1) is 11.3. The number of sulfonamides is 1. The predicted octanol–water partition coefficient (Wildman–Crippen LogP) is 1.22. The van der Waals surface area contributed by atoms with Crippen molar-refractivity contribution in [2.45, 2.75) is 23.8 Å². The highest BCUT2D eigenvalue weighted by atomic mass is 35.5. The smallest absolute Gasteiger partial charge is 0.244 e. The molecule has 9 heteroatoms. The molecule has 0 N–H and O–H groups in total. The van der Waals surface area contributed by atoms with Crippen LogP contribution >= 0.6 is 11.6 Å². The van der Waals surface area contributed by atoms with E-state index in [1.165, 1.54) is 10.4 Å². The van der Waals surface area contributed by atoms with E-state index in [4.69, 9.17) is 11.6 Å². The molecule has 6 nitrogen and oxygen atoms in total. The molecule has 134 valence electrons. The lowest BCUT2D eigenvalue weighted by molar-refractivity contribution is 0.129. The second-order valence-corrected chi connectivity index (χ2v) is 10.9. The molecular weight excluding hydrogens is 372 g/mol. The summed E-state index contributed by atoms with van der Waals surface area (Å²) >= 11 is 6.03. The van der Waals surface area contributed by atoms with E-state index in [-0.39, 0.29) is 27.5 Å². The third-order valence-electron chi connectivity index (χ3n) is 4.77. The molecule has 0 bridgehead atoms. The van der Waals surface area contributed by atoms with Gasteiger partial charge in [0.15, 0.2) is 0 Å². The minimum atomic E-state index is -3.59. The Kier molecular flexibility index (Phi) is 5.22. The Labute approximate surface area is 148 Å². The number of hydrogen-bond acceptors (Lipinski definition) is 5. The van der Waals surface area contributed by atoms with Crippen molar-refractivity contribution in [3.05, 3.63) is 29.3 Å². The third kappa shape index (κ3) is 3.77. The van der Waals surface area contributed by atoms with Crippen molar-refractivity contribution in [1.82, 2.24) is 9.21 Å². The van der Waals surface area contributed by atoms with E-state index in [1.54, 1.807) is 18.2 Å². The van der Waals surface area contributed by atoms with Gasteiger partial charge in [0.25, 0.3) is 0 Å². The van der Waals surface area contributed by atoms with Gasteiger partial charge in [0.1, 0.15) is 14.7 Å². The summed E-state index contributed by atoms with van der Waals surface area (Å²) in [6, 6.07) is 6.70. The number of nitrogens with zero attached hydrogens (tertiary/aromatic N) is 2. The summed E-state index contributed by atoms with van der Waals surface area (Å²) in [5.41, 5.74) is 0. The summed E-state index contributed by atoms with van der Waals surface area (Å²) in [5.74, 6) is 0.464. The summed E-state index contributed by atoms with van der Waals surface area (Å²) in [4.78, 5) is 2.36. The Morgan fingerprint density at radius 1 is 1.00 bits per heavy atom. The Bertz CT molecular complexity index is 789. The van der Waals surface area contributed by atoms with Crippen molar-refractivity contribution < 1.29 is 16.8 Å². The molecule has 0 amide bonds. The molecule has 2 aliphatic heterocycles. The van der Waals surface area contributed by atoms with Gasteiger partial charge in [-0.15, -0.1) is 0 Å². The Morgan fingerprint density at radius 3 is 2.17 bits per heavy atom. The van der Waals surface area contributed by atoms with E-state index in [9.17, 15) is 16.8 Å². The van der Waals surface area contributed by atoms with E-state index in [0.29, 0.717) is 39.0 Å². The average Bonchev–Trinajstić information content (AvgIpc) is 2.55. The van der Waals surface area contributed by atoms with Gasteiger partial charge in [0, 0.05) is 32.2 Å². The molecule has 2 heterocycles. The van der Waals surface area contributed by atoms with E-state index >= 15 is 0 Å².